The lowest BCUT2D eigenvalue weighted by Crippen LogP contribution is -2.27. The second kappa shape index (κ2) is 8.01. The van der Waals surface area contributed by atoms with E-state index in [1.54, 1.807) is 0 Å². The van der Waals surface area contributed by atoms with Crippen molar-refractivity contribution in [3.63, 3.8) is 0 Å². The zero-order valence-corrected chi connectivity index (χ0v) is 15.6. The molecule has 0 saturated heterocycles. The smallest absolute Gasteiger partial charge is 0.170 e. The number of aromatic hydroxyl groups is 1. The molecule has 3 rings (SSSR count). The summed E-state index contributed by atoms with van der Waals surface area (Å²) in [6.45, 7) is 8.47. The van der Waals surface area contributed by atoms with E-state index >= 15 is 0 Å². The second-order valence-electron chi connectivity index (χ2n) is 6.49. The van der Waals surface area contributed by atoms with Crippen molar-refractivity contribution in [3.05, 3.63) is 89.6 Å². The molecule has 1 aliphatic heterocycles. The summed E-state index contributed by atoms with van der Waals surface area (Å²) >= 11 is 0. The van der Waals surface area contributed by atoms with Gasteiger partial charge in [0, 0.05) is 6.54 Å². The summed E-state index contributed by atoms with van der Waals surface area (Å²) in [4.78, 5) is 8.50. The summed E-state index contributed by atoms with van der Waals surface area (Å²) in [5.41, 5.74) is 11.2. The zero-order chi connectivity index (χ0) is 19.4. The van der Waals surface area contributed by atoms with Gasteiger partial charge in [0.05, 0.1) is 11.7 Å². The van der Waals surface area contributed by atoms with Gasteiger partial charge in [-0.1, -0.05) is 54.7 Å². The highest BCUT2D eigenvalue weighted by molar-refractivity contribution is 5.80. The van der Waals surface area contributed by atoms with Crippen LogP contribution in [0.1, 0.15) is 25.2 Å². The van der Waals surface area contributed by atoms with E-state index in [0.717, 1.165) is 22.4 Å². The van der Waals surface area contributed by atoms with Crippen LogP contribution in [0.15, 0.2) is 78.2 Å². The second-order valence-corrected chi connectivity index (χ2v) is 6.49. The molecule has 138 valence electrons. The minimum Gasteiger partial charge on any atom is -0.504 e. The standard InChI is InChI=1S/C22H24N4O/c1-4-14(2)5-6-15(3)20-22(27)21(25-13-24-20)19-11-17-9-16(12-23)7-8-18(10-17)26-19/h4-11,13,18,26-27H,3,12,23H2,1-2H3/b6-5-,14-4-. The van der Waals surface area contributed by atoms with Crippen LogP contribution < -0.4 is 11.1 Å². The van der Waals surface area contributed by atoms with Crippen LogP contribution in [0.3, 0.4) is 0 Å². The van der Waals surface area contributed by atoms with Gasteiger partial charge in [0.25, 0.3) is 0 Å². The Morgan fingerprint density at radius 1 is 1.33 bits per heavy atom. The molecule has 0 aromatic carbocycles. The largest absolute Gasteiger partial charge is 0.504 e. The first kappa shape index (κ1) is 18.6. The number of nitrogens with two attached hydrogens (primary N) is 1. The highest BCUT2D eigenvalue weighted by Gasteiger charge is 2.20. The summed E-state index contributed by atoms with van der Waals surface area (Å²) in [6, 6.07) is 0.0125. The first-order valence-electron chi connectivity index (χ1n) is 8.85. The maximum absolute atomic E-state index is 10.8. The quantitative estimate of drug-likeness (QED) is 0.701. The summed E-state index contributed by atoms with van der Waals surface area (Å²) in [6.07, 6.45) is 17.4. The maximum atomic E-state index is 10.8. The van der Waals surface area contributed by atoms with Crippen molar-refractivity contribution in [1.82, 2.24) is 15.3 Å². The molecule has 1 aliphatic carbocycles. The molecule has 27 heavy (non-hydrogen) atoms. The summed E-state index contributed by atoms with van der Waals surface area (Å²) < 4.78 is 0. The Labute approximate surface area is 159 Å². The molecule has 4 N–H and O–H groups in total. The predicted octanol–water partition coefficient (Wildman–Crippen LogP) is 3.41. The van der Waals surface area contributed by atoms with Crippen molar-refractivity contribution >= 4 is 11.3 Å². The van der Waals surface area contributed by atoms with Crippen molar-refractivity contribution in [2.75, 3.05) is 6.54 Å². The lowest BCUT2D eigenvalue weighted by atomic mass is 10.0. The Balaban J connectivity index is 1.95. The molecule has 1 atom stereocenters. The zero-order valence-electron chi connectivity index (χ0n) is 15.6. The van der Waals surface area contributed by atoms with Gasteiger partial charge in [-0.3, -0.25) is 0 Å². The van der Waals surface area contributed by atoms with Gasteiger partial charge in [-0.05, 0) is 36.6 Å². The van der Waals surface area contributed by atoms with Crippen LogP contribution in [0, 0.1) is 0 Å². The Morgan fingerprint density at radius 3 is 2.89 bits per heavy atom. The Hall–Kier alpha value is -3.18. The van der Waals surface area contributed by atoms with E-state index in [9.17, 15) is 5.11 Å². The molecule has 0 saturated carbocycles. The van der Waals surface area contributed by atoms with Crippen LogP contribution in [0.25, 0.3) is 11.3 Å². The molecule has 0 amide bonds. The van der Waals surface area contributed by atoms with Gasteiger partial charge < -0.3 is 16.2 Å². The molecule has 2 heterocycles. The van der Waals surface area contributed by atoms with Gasteiger partial charge in [-0.25, -0.2) is 9.97 Å². The molecule has 0 radical (unpaired) electrons. The summed E-state index contributed by atoms with van der Waals surface area (Å²) in [5, 5.41) is 14.1. The number of dihydropyridines is 1. The number of nitrogens with zero attached hydrogens (tertiary/aromatic N) is 2. The summed E-state index contributed by atoms with van der Waals surface area (Å²) in [5.74, 6) is 0.00952. The molecule has 2 aliphatic rings. The van der Waals surface area contributed by atoms with E-state index < -0.39 is 0 Å². The van der Waals surface area contributed by atoms with E-state index in [0.29, 0.717) is 23.5 Å². The minimum absolute atomic E-state index is 0.00952. The number of fused-ring (bicyclic) bond motifs is 1. The van der Waals surface area contributed by atoms with E-state index in [1.165, 1.54) is 6.33 Å². The first-order chi connectivity index (χ1) is 13.0. The highest BCUT2D eigenvalue weighted by atomic mass is 16.3. The Bertz CT molecular complexity index is 945. The van der Waals surface area contributed by atoms with Gasteiger partial charge in [-0.2, -0.15) is 0 Å². The third-order valence-electron chi connectivity index (χ3n) is 4.49. The third-order valence-corrected chi connectivity index (χ3v) is 4.49. The topological polar surface area (TPSA) is 84.1 Å². The number of aromatic nitrogens is 2. The van der Waals surface area contributed by atoms with E-state index in [4.69, 9.17) is 5.73 Å². The van der Waals surface area contributed by atoms with Crippen LogP contribution in [-0.4, -0.2) is 27.7 Å². The molecule has 1 aromatic rings. The molecule has 2 bridgehead atoms. The van der Waals surface area contributed by atoms with Gasteiger partial charge in [0.2, 0.25) is 0 Å². The van der Waals surface area contributed by atoms with Crippen molar-refractivity contribution in [2.45, 2.75) is 19.9 Å². The number of allylic oxidation sites excluding steroid dienone is 8. The molecular formula is C22H24N4O. The highest BCUT2D eigenvalue weighted by Crippen LogP contribution is 2.31. The molecule has 5 heteroatoms. The average Bonchev–Trinajstić information content (AvgIpc) is 2.82. The molecule has 1 aromatic heterocycles. The van der Waals surface area contributed by atoms with E-state index in [1.807, 2.05) is 56.4 Å². The van der Waals surface area contributed by atoms with Gasteiger partial charge in [0.15, 0.2) is 5.75 Å². The normalized spacial score (nSPS) is 19.1. The van der Waals surface area contributed by atoms with Crippen molar-refractivity contribution < 1.29 is 5.11 Å². The predicted molar refractivity (Wildman–Crippen MR) is 111 cm³/mol. The fraction of sp³-hybridized carbons (Fsp3) is 0.182. The van der Waals surface area contributed by atoms with Crippen LogP contribution in [0.2, 0.25) is 0 Å². The minimum atomic E-state index is 0.00952. The van der Waals surface area contributed by atoms with Crippen molar-refractivity contribution in [1.29, 1.82) is 0 Å². The lowest BCUT2D eigenvalue weighted by Gasteiger charge is -2.21. The molecule has 5 nitrogen and oxygen atoms in total. The summed E-state index contributed by atoms with van der Waals surface area (Å²) in [7, 11) is 0. The molecule has 0 spiro atoms. The van der Waals surface area contributed by atoms with Crippen molar-refractivity contribution in [2.24, 2.45) is 5.73 Å². The van der Waals surface area contributed by atoms with Gasteiger partial charge >= 0.3 is 0 Å². The Morgan fingerprint density at radius 2 is 2.15 bits per heavy atom. The van der Waals surface area contributed by atoms with Crippen molar-refractivity contribution in [3.8, 4) is 5.75 Å². The number of hydrogen-bond donors (Lipinski definition) is 3. The van der Waals surface area contributed by atoms with Crippen LogP contribution in [0.5, 0.6) is 5.75 Å². The van der Waals surface area contributed by atoms with Crippen LogP contribution in [0.4, 0.5) is 0 Å². The van der Waals surface area contributed by atoms with E-state index in [2.05, 4.69) is 27.9 Å². The van der Waals surface area contributed by atoms with E-state index in [-0.39, 0.29) is 11.8 Å². The van der Waals surface area contributed by atoms with Crippen LogP contribution >= 0.6 is 0 Å². The SMILES string of the molecule is C=C(/C=C\C(C)=C/C)c1ncnc(C2=CC3=CC(C=CC(CN)=C3)N2)c1O. The third kappa shape index (κ3) is 4.15. The first-order valence-corrected chi connectivity index (χ1v) is 8.85. The monoisotopic (exact) mass is 360 g/mol. The van der Waals surface area contributed by atoms with Gasteiger partial charge in [0.1, 0.15) is 17.7 Å². The fourth-order valence-corrected chi connectivity index (χ4v) is 2.85. The molecule has 1 unspecified atom stereocenters. The molecular weight excluding hydrogens is 336 g/mol. The lowest BCUT2D eigenvalue weighted by molar-refractivity contribution is 0.464. The average molecular weight is 360 g/mol. The Kier molecular flexibility index (Phi) is 5.52. The van der Waals surface area contributed by atoms with Gasteiger partial charge in [-0.15, -0.1) is 0 Å². The fourth-order valence-electron chi connectivity index (χ4n) is 2.85. The molecule has 0 fully saturated rings. The number of nitrogens with one attached hydrogen (secondary N) is 1. The maximum Gasteiger partial charge on any atom is 0.170 e. The number of rotatable bonds is 5. The van der Waals surface area contributed by atoms with Crippen LogP contribution in [-0.2, 0) is 0 Å². The number of hydrogen-bond acceptors (Lipinski definition) is 5.